The van der Waals surface area contributed by atoms with Gasteiger partial charge in [0.1, 0.15) is 0 Å². The molecule has 4 heteroatoms. The van der Waals surface area contributed by atoms with Crippen molar-refractivity contribution in [2.24, 2.45) is 5.73 Å². The van der Waals surface area contributed by atoms with Crippen LogP contribution in [0.15, 0.2) is 18.3 Å². The number of hydrogen-bond donors (Lipinski definition) is 2. The zero-order valence-corrected chi connectivity index (χ0v) is 7.77. The monoisotopic (exact) mass is 182 g/mol. The van der Waals surface area contributed by atoms with Crippen LogP contribution in [0.5, 0.6) is 5.88 Å². The number of nitrogens with two attached hydrogens (primary N) is 1. The minimum absolute atomic E-state index is 0.335. The summed E-state index contributed by atoms with van der Waals surface area (Å²) in [4.78, 5) is 3.96. The van der Waals surface area contributed by atoms with Crippen LogP contribution in [-0.4, -0.2) is 23.2 Å². The summed E-state index contributed by atoms with van der Waals surface area (Å²) in [7, 11) is 1.51. The van der Waals surface area contributed by atoms with Crippen molar-refractivity contribution in [2.75, 3.05) is 7.11 Å². The van der Waals surface area contributed by atoms with E-state index in [1.165, 1.54) is 7.11 Å². The lowest BCUT2D eigenvalue weighted by Crippen LogP contribution is -2.24. The molecule has 0 aliphatic carbocycles. The summed E-state index contributed by atoms with van der Waals surface area (Å²) < 4.78 is 4.99. The zero-order chi connectivity index (χ0) is 9.84. The summed E-state index contributed by atoms with van der Waals surface area (Å²) in [5, 5.41) is 9.66. The van der Waals surface area contributed by atoms with Gasteiger partial charge < -0.3 is 15.6 Å². The van der Waals surface area contributed by atoms with E-state index in [0.29, 0.717) is 11.4 Å². The third kappa shape index (κ3) is 2.17. The lowest BCUT2D eigenvalue weighted by Gasteiger charge is -2.16. The SMILES string of the molecule is COc1ncccc1C(O)C(C)N. The lowest BCUT2D eigenvalue weighted by molar-refractivity contribution is 0.148. The van der Waals surface area contributed by atoms with Crippen LogP contribution >= 0.6 is 0 Å². The Labute approximate surface area is 77.4 Å². The molecule has 13 heavy (non-hydrogen) atoms. The summed E-state index contributed by atoms with van der Waals surface area (Å²) in [6.07, 6.45) is 0.875. The summed E-state index contributed by atoms with van der Waals surface area (Å²) in [5.41, 5.74) is 6.18. The molecule has 0 spiro atoms. The number of ether oxygens (including phenoxy) is 1. The Morgan fingerprint density at radius 1 is 1.62 bits per heavy atom. The minimum atomic E-state index is -0.733. The molecule has 0 aliphatic heterocycles. The van der Waals surface area contributed by atoms with Gasteiger partial charge in [-0.15, -0.1) is 0 Å². The van der Waals surface area contributed by atoms with E-state index in [1.54, 1.807) is 25.3 Å². The number of pyridine rings is 1. The van der Waals surface area contributed by atoms with E-state index >= 15 is 0 Å². The number of hydrogen-bond acceptors (Lipinski definition) is 4. The van der Waals surface area contributed by atoms with E-state index in [4.69, 9.17) is 10.5 Å². The van der Waals surface area contributed by atoms with Crippen LogP contribution in [-0.2, 0) is 0 Å². The van der Waals surface area contributed by atoms with Crippen molar-refractivity contribution in [3.8, 4) is 5.88 Å². The Hall–Kier alpha value is -1.13. The van der Waals surface area contributed by atoms with Crippen LogP contribution in [0.4, 0.5) is 0 Å². The Kier molecular flexibility index (Phi) is 3.22. The molecule has 0 bridgehead atoms. The molecule has 3 N–H and O–H groups in total. The molecule has 1 rings (SSSR count). The van der Waals surface area contributed by atoms with Gasteiger partial charge in [-0.2, -0.15) is 0 Å². The van der Waals surface area contributed by atoms with Gasteiger partial charge in [0.15, 0.2) is 0 Å². The van der Waals surface area contributed by atoms with Gasteiger partial charge in [-0.1, -0.05) is 0 Å². The molecule has 2 atom stereocenters. The molecule has 0 radical (unpaired) electrons. The summed E-state index contributed by atoms with van der Waals surface area (Å²) >= 11 is 0. The highest BCUT2D eigenvalue weighted by molar-refractivity contribution is 5.28. The maximum Gasteiger partial charge on any atom is 0.218 e. The van der Waals surface area contributed by atoms with Gasteiger partial charge in [-0.3, -0.25) is 0 Å². The third-order valence-corrected chi connectivity index (χ3v) is 1.81. The van der Waals surface area contributed by atoms with E-state index in [1.807, 2.05) is 0 Å². The first kappa shape index (κ1) is 9.95. The average molecular weight is 182 g/mol. The van der Waals surface area contributed by atoms with Crippen molar-refractivity contribution in [3.05, 3.63) is 23.9 Å². The van der Waals surface area contributed by atoms with E-state index in [2.05, 4.69) is 4.98 Å². The topological polar surface area (TPSA) is 68.4 Å². The van der Waals surface area contributed by atoms with Gasteiger partial charge in [0, 0.05) is 17.8 Å². The molecule has 72 valence electrons. The van der Waals surface area contributed by atoms with Crippen LogP contribution < -0.4 is 10.5 Å². The van der Waals surface area contributed by atoms with E-state index in [9.17, 15) is 5.11 Å². The Morgan fingerprint density at radius 3 is 2.85 bits per heavy atom. The fraction of sp³-hybridized carbons (Fsp3) is 0.444. The van der Waals surface area contributed by atoms with Crippen molar-refractivity contribution in [1.82, 2.24) is 4.98 Å². The first-order valence-electron chi connectivity index (χ1n) is 4.09. The molecule has 0 amide bonds. The van der Waals surface area contributed by atoms with Crippen LogP contribution in [0, 0.1) is 0 Å². The molecule has 0 saturated carbocycles. The van der Waals surface area contributed by atoms with Crippen molar-refractivity contribution >= 4 is 0 Å². The standard InChI is InChI=1S/C9H14N2O2/c1-6(10)8(12)7-4-3-5-11-9(7)13-2/h3-6,8,12H,10H2,1-2H3. The summed E-state index contributed by atoms with van der Waals surface area (Å²) in [6.45, 7) is 1.73. The summed E-state index contributed by atoms with van der Waals surface area (Å²) in [6, 6.07) is 3.15. The lowest BCUT2D eigenvalue weighted by atomic mass is 10.1. The predicted molar refractivity (Wildman–Crippen MR) is 49.4 cm³/mol. The molecule has 1 heterocycles. The molecule has 0 aromatic carbocycles. The molecule has 0 fully saturated rings. The highest BCUT2D eigenvalue weighted by atomic mass is 16.5. The third-order valence-electron chi connectivity index (χ3n) is 1.81. The van der Waals surface area contributed by atoms with Crippen molar-refractivity contribution < 1.29 is 9.84 Å². The predicted octanol–water partition coefficient (Wildman–Crippen LogP) is 0.471. The molecule has 0 aliphatic rings. The molecule has 0 saturated heterocycles. The molecule has 1 aromatic rings. The molecular weight excluding hydrogens is 168 g/mol. The number of methoxy groups -OCH3 is 1. The first-order chi connectivity index (χ1) is 6.16. The zero-order valence-electron chi connectivity index (χ0n) is 7.77. The number of nitrogens with zero attached hydrogens (tertiary/aromatic N) is 1. The number of aliphatic hydroxyl groups excluding tert-OH is 1. The fourth-order valence-corrected chi connectivity index (χ4v) is 1.08. The maximum absolute atomic E-state index is 9.66. The Bertz CT molecular complexity index is 276. The molecule has 4 nitrogen and oxygen atoms in total. The minimum Gasteiger partial charge on any atom is -0.481 e. The van der Waals surface area contributed by atoms with Crippen LogP contribution in [0.2, 0.25) is 0 Å². The Balaban J connectivity index is 2.98. The van der Waals surface area contributed by atoms with Crippen LogP contribution in [0.3, 0.4) is 0 Å². The molecule has 2 unspecified atom stereocenters. The van der Waals surface area contributed by atoms with Gasteiger partial charge in [-0.25, -0.2) is 4.98 Å². The second-order valence-corrected chi connectivity index (χ2v) is 2.91. The number of aromatic nitrogens is 1. The Morgan fingerprint density at radius 2 is 2.31 bits per heavy atom. The van der Waals surface area contributed by atoms with Crippen LogP contribution in [0.25, 0.3) is 0 Å². The van der Waals surface area contributed by atoms with Crippen LogP contribution in [0.1, 0.15) is 18.6 Å². The van der Waals surface area contributed by atoms with Crippen molar-refractivity contribution in [1.29, 1.82) is 0 Å². The quantitative estimate of drug-likeness (QED) is 0.713. The van der Waals surface area contributed by atoms with Crippen molar-refractivity contribution in [2.45, 2.75) is 19.1 Å². The fourth-order valence-electron chi connectivity index (χ4n) is 1.08. The van der Waals surface area contributed by atoms with E-state index in [-0.39, 0.29) is 6.04 Å². The highest BCUT2D eigenvalue weighted by Gasteiger charge is 2.17. The van der Waals surface area contributed by atoms with E-state index in [0.717, 1.165) is 0 Å². The first-order valence-corrected chi connectivity index (χ1v) is 4.09. The molecular formula is C9H14N2O2. The number of aliphatic hydroxyl groups is 1. The normalized spacial score (nSPS) is 15.1. The van der Waals surface area contributed by atoms with Gasteiger partial charge in [-0.05, 0) is 19.1 Å². The van der Waals surface area contributed by atoms with Gasteiger partial charge >= 0.3 is 0 Å². The smallest absolute Gasteiger partial charge is 0.218 e. The second kappa shape index (κ2) is 4.20. The molecule has 1 aromatic heterocycles. The second-order valence-electron chi connectivity index (χ2n) is 2.91. The summed E-state index contributed by atoms with van der Waals surface area (Å²) in [5.74, 6) is 0.423. The van der Waals surface area contributed by atoms with Crippen molar-refractivity contribution in [3.63, 3.8) is 0 Å². The van der Waals surface area contributed by atoms with Gasteiger partial charge in [0.05, 0.1) is 13.2 Å². The highest BCUT2D eigenvalue weighted by Crippen LogP contribution is 2.23. The largest absolute Gasteiger partial charge is 0.481 e. The maximum atomic E-state index is 9.66. The average Bonchev–Trinajstić information content (AvgIpc) is 2.16. The van der Waals surface area contributed by atoms with Gasteiger partial charge in [0.25, 0.3) is 0 Å². The number of rotatable bonds is 3. The van der Waals surface area contributed by atoms with E-state index < -0.39 is 6.10 Å². The van der Waals surface area contributed by atoms with Gasteiger partial charge in [0.2, 0.25) is 5.88 Å².